The van der Waals surface area contributed by atoms with Gasteiger partial charge in [-0.25, -0.2) is 4.68 Å². The third-order valence-corrected chi connectivity index (χ3v) is 4.74. The van der Waals surface area contributed by atoms with E-state index in [1.165, 1.54) is 11.1 Å². The van der Waals surface area contributed by atoms with Gasteiger partial charge in [0.2, 0.25) is 5.91 Å². The standard InChI is InChI=1S/C19H26N6O/c1-14(2)8-9-24-12-17(25-13-21-22-23-25)10-18(24)19(26)20-11-16-6-4-15(3)5-7-16/h4-8,13,17-18H,9-12H2,1-3H3,(H,20,26)/t17-,18-/m0/s1. The number of likely N-dealkylation sites (tertiary alicyclic amines) is 1. The average Bonchev–Trinajstić information content (AvgIpc) is 3.28. The Hall–Kier alpha value is -2.54. The number of allylic oxidation sites excluding steroid dienone is 1. The second kappa shape index (κ2) is 8.23. The van der Waals surface area contributed by atoms with Gasteiger partial charge in [-0.2, -0.15) is 0 Å². The third-order valence-electron chi connectivity index (χ3n) is 4.74. The van der Waals surface area contributed by atoms with Crippen molar-refractivity contribution in [2.24, 2.45) is 0 Å². The molecule has 2 aromatic rings. The second-order valence-electron chi connectivity index (χ2n) is 7.13. The summed E-state index contributed by atoms with van der Waals surface area (Å²) in [5.41, 5.74) is 3.57. The number of nitrogens with one attached hydrogen (secondary N) is 1. The quantitative estimate of drug-likeness (QED) is 0.802. The van der Waals surface area contributed by atoms with Crippen LogP contribution in [-0.2, 0) is 11.3 Å². The molecule has 0 aliphatic carbocycles. The van der Waals surface area contributed by atoms with E-state index in [1.807, 2.05) is 0 Å². The lowest BCUT2D eigenvalue weighted by Gasteiger charge is -2.22. The zero-order chi connectivity index (χ0) is 18.5. The van der Waals surface area contributed by atoms with Crippen LogP contribution in [0.2, 0.25) is 0 Å². The van der Waals surface area contributed by atoms with Crippen molar-refractivity contribution < 1.29 is 4.79 Å². The zero-order valence-electron chi connectivity index (χ0n) is 15.6. The number of tetrazole rings is 1. The van der Waals surface area contributed by atoms with Gasteiger partial charge in [0.05, 0.1) is 12.1 Å². The minimum absolute atomic E-state index is 0.0586. The van der Waals surface area contributed by atoms with Gasteiger partial charge in [0.15, 0.2) is 0 Å². The molecular formula is C19H26N6O. The Balaban J connectivity index is 1.66. The van der Waals surface area contributed by atoms with E-state index in [0.29, 0.717) is 13.0 Å². The summed E-state index contributed by atoms with van der Waals surface area (Å²) >= 11 is 0. The van der Waals surface area contributed by atoms with Gasteiger partial charge in [-0.15, -0.1) is 5.10 Å². The van der Waals surface area contributed by atoms with E-state index in [0.717, 1.165) is 18.7 Å². The fraction of sp³-hybridized carbons (Fsp3) is 0.474. The SMILES string of the molecule is CC(C)=CCN1C[C@@H](n2cnnn2)C[C@H]1C(=O)NCc1ccc(C)cc1. The summed E-state index contributed by atoms with van der Waals surface area (Å²) in [5.74, 6) is 0.0586. The normalized spacial score (nSPS) is 20.1. The summed E-state index contributed by atoms with van der Waals surface area (Å²) in [6.45, 7) is 8.26. The van der Waals surface area contributed by atoms with E-state index in [-0.39, 0.29) is 18.0 Å². The molecule has 3 rings (SSSR count). The Kier molecular flexibility index (Phi) is 5.78. The first-order chi connectivity index (χ1) is 12.5. The number of benzene rings is 1. The molecule has 26 heavy (non-hydrogen) atoms. The lowest BCUT2D eigenvalue weighted by Crippen LogP contribution is -2.43. The summed E-state index contributed by atoms with van der Waals surface area (Å²) in [5, 5.41) is 14.5. The van der Waals surface area contributed by atoms with Gasteiger partial charge in [0, 0.05) is 19.6 Å². The number of amides is 1. The molecule has 0 unspecified atom stereocenters. The Morgan fingerprint density at radius 3 is 2.73 bits per heavy atom. The molecule has 1 aromatic carbocycles. The number of carbonyl (C=O) groups is 1. The highest BCUT2D eigenvalue weighted by molar-refractivity contribution is 5.82. The fourth-order valence-electron chi connectivity index (χ4n) is 3.19. The minimum Gasteiger partial charge on any atom is -0.351 e. The molecule has 7 heteroatoms. The summed E-state index contributed by atoms with van der Waals surface area (Å²) in [4.78, 5) is 15.0. The van der Waals surface area contributed by atoms with Crippen LogP contribution in [-0.4, -0.2) is 50.1 Å². The van der Waals surface area contributed by atoms with E-state index >= 15 is 0 Å². The van der Waals surface area contributed by atoms with E-state index in [4.69, 9.17) is 0 Å². The summed E-state index contributed by atoms with van der Waals surface area (Å²) in [7, 11) is 0. The molecule has 0 saturated carbocycles. The van der Waals surface area contributed by atoms with Crippen molar-refractivity contribution in [1.82, 2.24) is 30.4 Å². The monoisotopic (exact) mass is 354 g/mol. The van der Waals surface area contributed by atoms with Crippen LogP contribution in [0.15, 0.2) is 42.2 Å². The Morgan fingerprint density at radius 2 is 2.08 bits per heavy atom. The number of aromatic nitrogens is 4. The van der Waals surface area contributed by atoms with Crippen LogP contribution >= 0.6 is 0 Å². The average molecular weight is 354 g/mol. The summed E-state index contributed by atoms with van der Waals surface area (Å²) in [6, 6.07) is 8.16. The van der Waals surface area contributed by atoms with E-state index in [2.05, 4.69) is 76.9 Å². The number of aryl methyl sites for hydroxylation is 1. The first-order valence-electron chi connectivity index (χ1n) is 8.96. The highest BCUT2D eigenvalue weighted by Gasteiger charge is 2.37. The van der Waals surface area contributed by atoms with Gasteiger partial charge in [0.1, 0.15) is 6.33 Å². The number of hydrogen-bond acceptors (Lipinski definition) is 5. The van der Waals surface area contributed by atoms with Crippen molar-refractivity contribution in [3.63, 3.8) is 0 Å². The van der Waals surface area contributed by atoms with Crippen molar-refractivity contribution in [3.05, 3.63) is 53.4 Å². The van der Waals surface area contributed by atoms with Crippen LogP contribution < -0.4 is 5.32 Å². The van der Waals surface area contributed by atoms with Gasteiger partial charge >= 0.3 is 0 Å². The molecule has 1 saturated heterocycles. The smallest absolute Gasteiger partial charge is 0.237 e. The lowest BCUT2D eigenvalue weighted by atomic mass is 10.1. The summed E-state index contributed by atoms with van der Waals surface area (Å²) in [6.07, 6.45) is 4.49. The first kappa shape index (κ1) is 18.3. The summed E-state index contributed by atoms with van der Waals surface area (Å²) < 4.78 is 1.75. The molecule has 0 spiro atoms. The topological polar surface area (TPSA) is 75.9 Å². The second-order valence-corrected chi connectivity index (χ2v) is 7.13. The molecular weight excluding hydrogens is 328 g/mol. The zero-order valence-corrected chi connectivity index (χ0v) is 15.6. The third kappa shape index (κ3) is 4.54. The molecule has 0 bridgehead atoms. The highest BCUT2D eigenvalue weighted by atomic mass is 16.2. The van der Waals surface area contributed by atoms with Gasteiger partial charge in [-0.05, 0) is 43.2 Å². The van der Waals surface area contributed by atoms with Gasteiger partial charge in [0.25, 0.3) is 0 Å². The van der Waals surface area contributed by atoms with E-state index in [1.54, 1.807) is 11.0 Å². The van der Waals surface area contributed by atoms with Crippen molar-refractivity contribution in [1.29, 1.82) is 0 Å². The molecule has 1 aliphatic rings. The lowest BCUT2D eigenvalue weighted by molar-refractivity contribution is -0.125. The molecule has 1 aliphatic heterocycles. The van der Waals surface area contributed by atoms with Crippen molar-refractivity contribution >= 4 is 5.91 Å². The number of carbonyl (C=O) groups excluding carboxylic acids is 1. The van der Waals surface area contributed by atoms with Crippen molar-refractivity contribution in [2.75, 3.05) is 13.1 Å². The maximum atomic E-state index is 12.8. The van der Waals surface area contributed by atoms with E-state index < -0.39 is 0 Å². The molecule has 1 fully saturated rings. The maximum Gasteiger partial charge on any atom is 0.237 e. The highest BCUT2D eigenvalue weighted by Crippen LogP contribution is 2.26. The fourth-order valence-corrected chi connectivity index (χ4v) is 3.19. The van der Waals surface area contributed by atoms with Crippen LogP contribution in [0.1, 0.15) is 37.4 Å². The molecule has 1 amide bonds. The van der Waals surface area contributed by atoms with Gasteiger partial charge in [-0.3, -0.25) is 9.69 Å². The first-order valence-corrected chi connectivity index (χ1v) is 8.96. The molecule has 138 valence electrons. The molecule has 2 heterocycles. The van der Waals surface area contributed by atoms with Crippen LogP contribution in [0.5, 0.6) is 0 Å². The Bertz CT molecular complexity index is 749. The Morgan fingerprint density at radius 1 is 1.31 bits per heavy atom. The Labute approximate surface area is 154 Å². The number of nitrogens with zero attached hydrogens (tertiary/aromatic N) is 5. The maximum absolute atomic E-state index is 12.8. The van der Waals surface area contributed by atoms with Crippen LogP contribution in [0.3, 0.4) is 0 Å². The van der Waals surface area contributed by atoms with Crippen LogP contribution in [0.25, 0.3) is 0 Å². The van der Waals surface area contributed by atoms with Crippen LogP contribution in [0.4, 0.5) is 0 Å². The number of rotatable bonds is 6. The van der Waals surface area contributed by atoms with E-state index in [9.17, 15) is 4.79 Å². The molecule has 0 radical (unpaired) electrons. The minimum atomic E-state index is -0.176. The number of hydrogen-bond donors (Lipinski definition) is 1. The van der Waals surface area contributed by atoms with Crippen molar-refractivity contribution in [3.8, 4) is 0 Å². The molecule has 2 atom stereocenters. The van der Waals surface area contributed by atoms with Crippen LogP contribution in [0, 0.1) is 6.92 Å². The predicted octanol–water partition coefficient (Wildman–Crippen LogP) is 1.88. The predicted molar refractivity (Wildman–Crippen MR) is 99.3 cm³/mol. The van der Waals surface area contributed by atoms with Gasteiger partial charge < -0.3 is 5.32 Å². The van der Waals surface area contributed by atoms with Gasteiger partial charge in [-0.1, -0.05) is 41.5 Å². The molecule has 1 N–H and O–H groups in total. The molecule has 1 aromatic heterocycles. The largest absolute Gasteiger partial charge is 0.351 e. The molecule has 7 nitrogen and oxygen atoms in total. The van der Waals surface area contributed by atoms with Crippen molar-refractivity contribution in [2.45, 2.75) is 45.8 Å².